The minimum absolute atomic E-state index is 0.115. The van der Waals surface area contributed by atoms with Crippen LogP contribution < -0.4 is 4.90 Å². The van der Waals surface area contributed by atoms with E-state index in [1.54, 1.807) is 6.07 Å². The van der Waals surface area contributed by atoms with Crippen LogP contribution in [0.25, 0.3) is 0 Å². The summed E-state index contributed by atoms with van der Waals surface area (Å²) < 4.78 is 72.2. The zero-order valence-electron chi connectivity index (χ0n) is 20.8. The number of hydrogen-bond donors (Lipinski definition) is 0. The smallest absolute Gasteiger partial charge is 0.416 e. The SMILES string of the molecule is COC(=O)CC[C@H]1CN(Cc2cc(F)ccc2F)CC[C@H]1N1CCN(c2cccc(C(F)(F)F)c2)CC1. The van der Waals surface area contributed by atoms with Gasteiger partial charge in [0, 0.05) is 63.0 Å². The first-order valence-electron chi connectivity index (χ1n) is 12.5. The number of benzene rings is 2. The summed E-state index contributed by atoms with van der Waals surface area (Å²) >= 11 is 0. The third-order valence-electron chi connectivity index (χ3n) is 7.45. The van der Waals surface area contributed by atoms with Crippen LogP contribution in [0, 0.1) is 17.6 Å². The van der Waals surface area contributed by atoms with E-state index in [0.29, 0.717) is 56.9 Å². The second-order valence-corrected chi connectivity index (χ2v) is 9.77. The van der Waals surface area contributed by atoms with Crippen molar-refractivity contribution in [3.63, 3.8) is 0 Å². The fraction of sp³-hybridized carbons (Fsp3) is 0.519. The molecule has 0 aromatic heterocycles. The Bertz CT molecular complexity index is 1070. The van der Waals surface area contributed by atoms with Gasteiger partial charge in [-0.05, 0) is 61.7 Å². The molecule has 2 heterocycles. The van der Waals surface area contributed by atoms with Gasteiger partial charge < -0.3 is 9.64 Å². The summed E-state index contributed by atoms with van der Waals surface area (Å²) in [6.45, 7) is 4.19. The molecule has 5 nitrogen and oxygen atoms in total. The van der Waals surface area contributed by atoms with Crippen molar-refractivity contribution in [3.8, 4) is 0 Å². The molecular formula is C27H32F5N3O2. The maximum Gasteiger partial charge on any atom is 0.416 e. The molecule has 10 heteroatoms. The predicted octanol–water partition coefficient (Wildman–Crippen LogP) is 4.95. The van der Waals surface area contributed by atoms with Crippen molar-refractivity contribution in [2.24, 2.45) is 5.92 Å². The molecule has 2 aliphatic rings. The van der Waals surface area contributed by atoms with Crippen molar-refractivity contribution in [1.29, 1.82) is 0 Å². The quantitative estimate of drug-likeness (QED) is 0.378. The molecular weight excluding hydrogens is 493 g/mol. The number of hydrogen-bond acceptors (Lipinski definition) is 5. The van der Waals surface area contributed by atoms with E-state index in [2.05, 4.69) is 9.80 Å². The van der Waals surface area contributed by atoms with Crippen molar-refractivity contribution in [1.82, 2.24) is 9.80 Å². The number of rotatable bonds is 7. The number of piperidine rings is 1. The van der Waals surface area contributed by atoms with Crippen LogP contribution in [0.4, 0.5) is 27.6 Å². The van der Waals surface area contributed by atoms with Gasteiger partial charge in [0.25, 0.3) is 0 Å². The molecule has 2 aromatic rings. The maximum atomic E-state index is 14.2. The molecule has 2 atom stereocenters. The zero-order valence-corrected chi connectivity index (χ0v) is 20.8. The summed E-state index contributed by atoms with van der Waals surface area (Å²) in [5.74, 6) is -1.10. The number of ether oxygens (including phenoxy) is 1. The molecule has 2 aliphatic heterocycles. The normalized spacial score (nSPS) is 21.7. The van der Waals surface area contributed by atoms with Crippen LogP contribution in [0.3, 0.4) is 0 Å². The summed E-state index contributed by atoms with van der Waals surface area (Å²) in [7, 11) is 1.35. The molecule has 0 saturated carbocycles. The number of nitrogens with zero attached hydrogens (tertiary/aromatic N) is 3. The third-order valence-corrected chi connectivity index (χ3v) is 7.45. The van der Waals surface area contributed by atoms with Crippen molar-refractivity contribution in [2.45, 2.75) is 38.0 Å². The fourth-order valence-corrected chi connectivity index (χ4v) is 5.50. The van der Waals surface area contributed by atoms with E-state index in [-0.39, 0.29) is 30.9 Å². The summed E-state index contributed by atoms with van der Waals surface area (Å²) in [5.41, 5.74) is 0.209. The number of halogens is 5. The van der Waals surface area contributed by atoms with Gasteiger partial charge in [-0.1, -0.05) is 6.07 Å². The molecule has 2 saturated heterocycles. The van der Waals surface area contributed by atoms with Crippen molar-refractivity contribution in [3.05, 3.63) is 65.2 Å². The highest BCUT2D eigenvalue weighted by atomic mass is 19.4. The van der Waals surface area contributed by atoms with Gasteiger partial charge in [0.15, 0.2) is 0 Å². The second kappa shape index (κ2) is 11.8. The van der Waals surface area contributed by atoms with Gasteiger partial charge in [-0.15, -0.1) is 0 Å². The first-order chi connectivity index (χ1) is 17.6. The van der Waals surface area contributed by atoms with Gasteiger partial charge in [0.2, 0.25) is 0 Å². The molecule has 0 spiro atoms. The molecule has 0 radical (unpaired) electrons. The van der Waals surface area contributed by atoms with Crippen LogP contribution in [0.15, 0.2) is 42.5 Å². The molecule has 0 unspecified atom stereocenters. The fourth-order valence-electron chi connectivity index (χ4n) is 5.50. The molecule has 37 heavy (non-hydrogen) atoms. The van der Waals surface area contributed by atoms with Gasteiger partial charge in [-0.25, -0.2) is 8.78 Å². The molecule has 2 aromatic carbocycles. The highest BCUT2D eigenvalue weighted by molar-refractivity contribution is 5.69. The number of carbonyl (C=O) groups is 1. The van der Waals surface area contributed by atoms with Gasteiger partial charge >= 0.3 is 12.1 Å². The lowest BCUT2D eigenvalue weighted by Crippen LogP contribution is -2.56. The van der Waals surface area contributed by atoms with E-state index < -0.39 is 23.4 Å². The summed E-state index contributed by atoms with van der Waals surface area (Å²) in [5, 5.41) is 0. The zero-order chi connectivity index (χ0) is 26.6. The van der Waals surface area contributed by atoms with Gasteiger partial charge in [-0.3, -0.25) is 14.6 Å². The van der Waals surface area contributed by atoms with Crippen LogP contribution in [-0.4, -0.2) is 68.2 Å². The van der Waals surface area contributed by atoms with Crippen molar-refractivity contribution < 1.29 is 31.5 Å². The predicted molar refractivity (Wildman–Crippen MR) is 130 cm³/mol. The Labute approximate surface area is 213 Å². The average molecular weight is 526 g/mol. The number of piperazine rings is 1. The molecule has 202 valence electrons. The lowest BCUT2D eigenvalue weighted by Gasteiger charge is -2.47. The van der Waals surface area contributed by atoms with E-state index in [1.807, 2.05) is 4.90 Å². The summed E-state index contributed by atoms with van der Waals surface area (Å²) in [6.07, 6.45) is -2.71. The van der Waals surface area contributed by atoms with Gasteiger partial charge in [0.1, 0.15) is 11.6 Å². The van der Waals surface area contributed by atoms with Crippen LogP contribution in [-0.2, 0) is 22.3 Å². The van der Waals surface area contributed by atoms with Crippen molar-refractivity contribution >= 4 is 11.7 Å². The van der Waals surface area contributed by atoms with E-state index in [0.717, 1.165) is 24.6 Å². The summed E-state index contributed by atoms with van der Waals surface area (Å²) in [6, 6.07) is 9.05. The first-order valence-corrected chi connectivity index (χ1v) is 12.5. The standard InChI is InChI=1S/C27H32F5N3O2/c1-37-26(36)8-5-19-17-33(18-20-15-22(28)6-7-24(20)29)10-9-25(19)35-13-11-34(12-14-35)23-4-2-3-21(16-23)27(30,31)32/h2-4,6-7,15-16,19,25H,5,8-14,17-18H2,1H3/t19-,25+/m0/s1. The molecule has 0 aliphatic carbocycles. The lowest BCUT2D eigenvalue weighted by molar-refractivity contribution is -0.141. The molecule has 4 rings (SSSR count). The van der Waals surface area contributed by atoms with E-state index in [4.69, 9.17) is 4.74 Å². The Morgan fingerprint density at radius 1 is 1.03 bits per heavy atom. The highest BCUT2D eigenvalue weighted by Gasteiger charge is 2.36. The molecule has 0 amide bonds. The number of anilines is 1. The van der Waals surface area contributed by atoms with Crippen LogP contribution >= 0.6 is 0 Å². The van der Waals surface area contributed by atoms with Crippen LogP contribution in [0.5, 0.6) is 0 Å². The molecule has 0 bridgehead atoms. The van der Waals surface area contributed by atoms with E-state index in [9.17, 15) is 26.7 Å². The first kappa shape index (κ1) is 27.3. The number of likely N-dealkylation sites (tertiary alicyclic amines) is 1. The van der Waals surface area contributed by atoms with E-state index in [1.165, 1.54) is 25.3 Å². The van der Waals surface area contributed by atoms with Crippen LogP contribution in [0.2, 0.25) is 0 Å². The Kier molecular flexibility index (Phi) is 8.69. The minimum Gasteiger partial charge on any atom is -0.469 e. The Morgan fingerprint density at radius 2 is 1.78 bits per heavy atom. The Balaban J connectivity index is 1.41. The highest BCUT2D eigenvalue weighted by Crippen LogP contribution is 2.33. The van der Waals surface area contributed by atoms with Gasteiger partial charge in [0.05, 0.1) is 12.7 Å². The Hall–Kier alpha value is -2.72. The van der Waals surface area contributed by atoms with E-state index >= 15 is 0 Å². The third kappa shape index (κ3) is 6.98. The number of alkyl halides is 3. The summed E-state index contributed by atoms with van der Waals surface area (Å²) in [4.78, 5) is 18.3. The number of methoxy groups -OCH3 is 1. The number of esters is 1. The Morgan fingerprint density at radius 3 is 2.49 bits per heavy atom. The lowest BCUT2D eigenvalue weighted by atomic mass is 9.86. The van der Waals surface area contributed by atoms with Crippen LogP contribution in [0.1, 0.15) is 30.4 Å². The minimum atomic E-state index is -4.38. The topological polar surface area (TPSA) is 36.0 Å². The average Bonchev–Trinajstić information content (AvgIpc) is 2.89. The largest absolute Gasteiger partial charge is 0.469 e. The van der Waals surface area contributed by atoms with Gasteiger partial charge in [-0.2, -0.15) is 13.2 Å². The monoisotopic (exact) mass is 525 g/mol. The van der Waals surface area contributed by atoms with Crippen molar-refractivity contribution in [2.75, 3.05) is 51.3 Å². The molecule has 0 N–H and O–H groups in total. The molecule has 2 fully saturated rings. The number of carbonyl (C=O) groups excluding carboxylic acids is 1. The second-order valence-electron chi connectivity index (χ2n) is 9.77. The maximum absolute atomic E-state index is 14.2.